The summed E-state index contributed by atoms with van der Waals surface area (Å²) < 4.78 is 10.9. The maximum absolute atomic E-state index is 12.5. The van der Waals surface area contributed by atoms with Gasteiger partial charge in [0.2, 0.25) is 0 Å². The van der Waals surface area contributed by atoms with Crippen LogP contribution in [-0.2, 0) is 20.9 Å². The molecule has 0 saturated carbocycles. The highest BCUT2D eigenvalue weighted by Gasteiger charge is 2.30. The van der Waals surface area contributed by atoms with Gasteiger partial charge in [0.1, 0.15) is 18.9 Å². The molecule has 2 aliphatic rings. The Hall–Kier alpha value is -3.93. The molecule has 1 aromatic heterocycles. The van der Waals surface area contributed by atoms with Crippen molar-refractivity contribution >= 4 is 29.4 Å². The van der Waals surface area contributed by atoms with Crippen LogP contribution in [0.25, 0.3) is 0 Å². The molecule has 12 heteroatoms. The van der Waals surface area contributed by atoms with Crippen molar-refractivity contribution in [3.05, 3.63) is 41.6 Å². The van der Waals surface area contributed by atoms with Crippen LogP contribution in [0.3, 0.4) is 0 Å². The highest BCUT2D eigenvalue weighted by molar-refractivity contribution is 6.32. The van der Waals surface area contributed by atoms with Crippen molar-refractivity contribution in [1.82, 2.24) is 19.8 Å². The minimum Gasteiger partial charge on any atom is -0.476 e. The normalized spacial score (nSPS) is 18.2. The minimum atomic E-state index is -1.28. The molecule has 1 amide bonds. The Bertz CT molecular complexity index is 1110. The second kappa shape index (κ2) is 11.2. The molecule has 3 N–H and O–H groups in total. The predicted molar refractivity (Wildman–Crippen MR) is 130 cm³/mol. The van der Waals surface area contributed by atoms with Crippen LogP contribution in [0.15, 0.2) is 30.3 Å². The van der Waals surface area contributed by atoms with Crippen LogP contribution in [0.1, 0.15) is 28.9 Å². The minimum absolute atomic E-state index is 0.0141. The molecule has 3 heterocycles. The van der Waals surface area contributed by atoms with Crippen LogP contribution in [0.5, 0.6) is 6.01 Å². The molecule has 2 aliphatic heterocycles. The first-order valence-corrected chi connectivity index (χ1v) is 11.8. The van der Waals surface area contributed by atoms with E-state index >= 15 is 0 Å². The van der Waals surface area contributed by atoms with E-state index in [1.807, 2.05) is 25.2 Å². The number of rotatable bonds is 7. The van der Waals surface area contributed by atoms with Gasteiger partial charge in [-0.3, -0.25) is 4.79 Å². The molecule has 0 bridgehead atoms. The summed E-state index contributed by atoms with van der Waals surface area (Å²) in [6, 6.07) is 9.25. The Morgan fingerprint density at radius 2 is 1.81 bits per heavy atom. The molecule has 2 saturated heterocycles. The van der Waals surface area contributed by atoms with E-state index in [1.165, 1.54) is 4.90 Å². The first-order chi connectivity index (χ1) is 17.3. The lowest BCUT2D eigenvalue weighted by atomic mass is 10.2. The number of benzene rings is 1. The summed E-state index contributed by atoms with van der Waals surface area (Å²) >= 11 is 0. The lowest BCUT2D eigenvalue weighted by molar-refractivity contribution is -0.161. The number of carbonyl (C=O) groups is 3. The van der Waals surface area contributed by atoms with Gasteiger partial charge in [-0.15, -0.1) is 0 Å². The Labute approximate surface area is 208 Å². The van der Waals surface area contributed by atoms with E-state index in [0.717, 1.165) is 24.9 Å². The molecule has 0 radical (unpaired) electrons. The second-order valence-corrected chi connectivity index (χ2v) is 8.83. The molecule has 12 nitrogen and oxygen atoms in total. The molecule has 1 atom stereocenters. The van der Waals surface area contributed by atoms with E-state index in [2.05, 4.69) is 14.9 Å². The molecule has 1 aromatic carbocycles. The summed E-state index contributed by atoms with van der Waals surface area (Å²) in [5.74, 6) is -2.70. The predicted octanol–water partition coefficient (Wildman–Crippen LogP) is 0.622. The topological polar surface area (TPSA) is 151 Å². The third kappa shape index (κ3) is 5.82. The number of ether oxygens (including phenoxy) is 2. The zero-order valence-electron chi connectivity index (χ0n) is 20.1. The zero-order valence-corrected chi connectivity index (χ0v) is 20.1. The number of nitrogens with zero attached hydrogens (tertiary/aromatic N) is 5. The number of esters is 1. The lowest BCUT2D eigenvalue weighted by Crippen LogP contribution is -2.51. The van der Waals surface area contributed by atoms with Crippen LogP contribution in [0, 0.1) is 0 Å². The number of carbonyl (C=O) groups excluding carboxylic acids is 2. The van der Waals surface area contributed by atoms with Gasteiger partial charge in [-0.25, -0.2) is 9.59 Å². The van der Waals surface area contributed by atoms with Gasteiger partial charge in [-0.2, -0.15) is 9.97 Å². The van der Waals surface area contributed by atoms with Gasteiger partial charge in [0.25, 0.3) is 0 Å². The fourth-order valence-corrected chi connectivity index (χ4v) is 4.30. The Kier molecular flexibility index (Phi) is 7.84. The number of hydrogen-bond donors (Lipinski definition) is 2. The van der Waals surface area contributed by atoms with E-state index in [1.54, 1.807) is 17.0 Å². The third-order valence-corrected chi connectivity index (χ3v) is 6.44. The first-order valence-electron chi connectivity index (χ1n) is 11.8. The summed E-state index contributed by atoms with van der Waals surface area (Å²) in [7, 11) is 2.01. The number of aromatic nitrogens is 2. The first kappa shape index (κ1) is 25.2. The zero-order chi connectivity index (χ0) is 25.7. The van der Waals surface area contributed by atoms with Crippen molar-refractivity contribution in [2.24, 2.45) is 0 Å². The number of likely N-dealkylation sites (N-methyl/N-ethyl adjacent to an activating group) is 1. The molecule has 2 aromatic rings. The van der Waals surface area contributed by atoms with Gasteiger partial charge >= 0.3 is 23.9 Å². The standard InChI is InChI=1S/C24H30N6O6/c1-28-9-5-8-17(28)15-36-24-26-19(22(32)33)18(25)20(27-24)29-10-12-30(13-11-29)21(31)23(34)35-14-16-6-3-2-4-7-16/h2-4,6-7,17H,5,8-15,25H2,1H3,(H,32,33)/t17-/m0/s1. The maximum atomic E-state index is 12.5. The van der Waals surface area contributed by atoms with Crippen LogP contribution in [0.2, 0.25) is 0 Å². The van der Waals surface area contributed by atoms with Gasteiger partial charge in [0.05, 0.1) is 0 Å². The summed E-state index contributed by atoms with van der Waals surface area (Å²) in [5.41, 5.74) is 6.47. The van der Waals surface area contributed by atoms with Crippen molar-refractivity contribution in [1.29, 1.82) is 0 Å². The van der Waals surface area contributed by atoms with Gasteiger partial charge in [0.15, 0.2) is 11.5 Å². The Morgan fingerprint density at radius 1 is 1.08 bits per heavy atom. The van der Waals surface area contributed by atoms with Crippen molar-refractivity contribution in [2.75, 3.05) is 57.0 Å². The number of nitrogens with two attached hydrogens (primary N) is 1. The van der Waals surface area contributed by atoms with Crippen LogP contribution in [0.4, 0.5) is 11.5 Å². The average Bonchev–Trinajstić information content (AvgIpc) is 3.31. The van der Waals surface area contributed by atoms with Crippen LogP contribution in [-0.4, -0.2) is 95.1 Å². The number of anilines is 2. The van der Waals surface area contributed by atoms with Gasteiger partial charge < -0.3 is 35.0 Å². The molecule has 0 aliphatic carbocycles. The maximum Gasteiger partial charge on any atom is 0.397 e. The number of amides is 1. The van der Waals surface area contributed by atoms with Gasteiger partial charge in [-0.05, 0) is 32.0 Å². The van der Waals surface area contributed by atoms with E-state index < -0.39 is 17.8 Å². The van der Waals surface area contributed by atoms with E-state index in [4.69, 9.17) is 15.2 Å². The summed E-state index contributed by atoms with van der Waals surface area (Å²) in [6.45, 7) is 2.35. The van der Waals surface area contributed by atoms with E-state index in [-0.39, 0.29) is 48.9 Å². The molecular formula is C24H30N6O6. The molecule has 4 rings (SSSR count). The molecule has 2 fully saturated rings. The van der Waals surface area contributed by atoms with Crippen molar-refractivity contribution < 1.29 is 29.0 Å². The quantitative estimate of drug-likeness (QED) is 0.408. The number of carboxylic acid groups (broad SMARTS) is 1. The van der Waals surface area contributed by atoms with E-state index in [0.29, 0.717) is 19.7 Å². The number of hydrogen-bond acceptors (Lipinski definition) is 10. The van der Waals surface area contributed by atoms with Crippen LogP contribution < -0.4 is 15.4 Å². The van der Waals surface area contributed by atoms with E-state index in [9.17, 15) is 19.5 Å². The average molecular weight is 499 g/mol. The lowest BCUT2D eigenvalue weighted by Gasteiger charge is -2.35. The number of aromatic carboxylic acids is 1. The highest BCUT2D eigenvalue weighted by Crippen LogP contribution is 2.28. The number of likely N-dealkylation sites (tertiary alicyclic amines) is 1. The molecule has 36 heavy (non-hydrogen) atoms. The Balaban J connectivity index is 1.38. The fourth-order valence-electron chi connectivity index (χ4n) is 4.30. The third-order valence-electron chi connectivity index (χ3n) is 6.44. The molecule has 192 valence electrons. The SMILES string of the molecule is CN1CCC[C@H]1COc1nc(C(=O)O)c(N)c(N2CCN(C(=O)C(=O)OCc3ccccc3)CC2)n1. The summed E-state index contributed by atoms with van der Waals surface area (Å²) in [4.78, 5) is 50.2. The summed E-state index contributed by atoms with van der Waals surface area (Å²) in [5, 5.41) is 9.59. The molecular weight excluding hydrogens is 468 g/mol. The van der Waals surface area contributed by atoms with Gasteiger partial charge in [0, 0.05) is 32.2 Å². The Morgan fingerprint density at radius 3 is 2.44 bits per heavy atom. The number of nitrogen functional groups attached to an aromatic ring is 1. The van der Waals surface area contributed by atoms with Gasteiger partial charge in [-0.1, -0.05) is 30.3 Å². The molecule has 0 unspecified atom stereocenters. The van der Waals surface area contributed by atoms with Crippen molar-refractivity contribution in [3.63, 3.8) is 0 Å². The molecule has 0 spiro atoms. The largest absolute Gasteiger partial charge is 0.476 e. The fraction of sp³-hybridized carbons (Fsp3) is 0.458. The second-order valence-electron chi connectivity index (χ2n) is 8.83. The number of piperazine rings is 1. The van der Waals surface area contributed by atoms with Crippen molar-refractivity contribution in [2.45, 2.75) is 25.5 Å². The number of carboxylic acids is 1. The smallest absolute Gasteiger partial charge is 0.397 e. The monoisotopic (exact) mass is 498 g/mol. The summed E-state index contributed by atoms with van der Waals surface area (Å²) in [6.07, 6.45) is 2.05. The van der Waals surface area contributed by atoms with Crippen LogP contribution >= 0.6 is 0 Å². The highest BCUT2D eigenvalue weighted by atomic mass is 16.5. The van der Waals surface area contributed by atoms with Crippen molar-refractivity contribution in [3.8, 4) is 6.01 Å².